The van der Waals surface area contributed by atoms with Crippen LogP contribution in [-0.2, 0) is 0 Å². The maximum absolute atomic E-state index is 2.49. The Kier molecular flexibility index (Phi) is 6.35. The molecule has 0 unspecified atom stereocenters. The minimum atomic E-state index is 1.37. The number of piperidine rings is 2. The molecule has 0 aromatic carbocycles. The Morgan fingerprint density at radius 3 is 1.80 bits per heavy atom. The predicted molar refractivity (Wildman–Crippen MR) is 87.7 cm³/mol. The molecule has 0 amide bonds. The molecule has 2 fully saturated rings. The molecule has 118 valence electrons. The first-order valence-corrected chi connectivity index (χ1v) is 9.37. The van der Waals surface area contributed by atoms with Gasteiger partial charge in [-0.3, -0.25) is 0 Å². The lowest BCUT2D eigenvalue weighted by atomic mass is 10.1. The van der Waals surface area contributed by atoms with Crippen LogP contribution in [0, 0.1) is 0 Å². The van der Waals surface area contributed by atoms with Gasteiger partial charge < -0.3 is 8.97 Å². The predicted octanol–water partition coefficient (Wildman–Crippen LogP) is 3.81. The molecule has 2 aliphatic heterocycles. The summed E-state index contributed by atoms with van der Waals surface area (Å²) in [5.41, 5.74) is 0. The van der Waals surface area contributed by atoms with Crippen molar-refractivity contribution in [1.82, 2.24) is 0 Å². The summed E-state index contributed by atoms with van der Waals surface area (Å²) in [6.07, 6.45) is 13.2. The van der Waals surface area contributed by atoms with Crippen molar-refractivity contribution in [1.29, 1.82) is 0 Å². The summed E-state index contributed by atoms with van der Waals surface area (Å²) in [5, 5.41) is 0. The quantitative estimate of drug-likeness (QED) is 0.492. The van der Waals surface area contributed by atoms with Crippen LogP contribution in [0.25, 0.3) is 0 Å². The average Bonchev–Trinajstić information content (AvgIpc) is 2.48. The number of rotatable bonds is 7. The van der Waals surface area contributed by atoms with Crippen LogP contribution in [0.15, 0.2) is 0 Å². The van der Waals surface area contributed by atoms with Gasteiger partial charge in [0, 0.05) is 0 Å². The second-order valence-corrected chi connectivity index (χ2v) is 7.80. The molecule has 2 saturated heterocycles. The van der Waals surface area contributed by atoms with E-state index in [1.807, 2.05) is 0 Å². The highest BCUT2D eigenvalue weighted by Gasteiger charge is 2.27. The van der Waals surface area contributed by atoms with E-state index in [1.165, 1.54) is 113 Å². The molecule has 0 aromatic heterocycles. The Morgan fingerprint density at radius 1 is 0.650 bits per heavy atom. The van der Waals surface area contributed by atoms with E-state index in [-0.39, 0.29) is 0 Å². The molecule has 2 heteroatoms. The zero-order valence-electron chi connectivity index (χ0n) is 14.2. The Morgan fingerprint density at radius 2 is 1.20 bits per heavy atom. The van der Waals surface area contributed by atoms with E-state index < -0.39 is 0 Å². The third-order valence-corrected chi connectivity index (χ3v) is 6.16. The first-order valence-electron chi connectivity index (χ1n) is 9.37. The summed E-state index contributed by atoms with van der Waals surface area (Å²) in [6, 6.07) is 0. The van der Waals surface area contributed by atoms with Crippen LogP contribution in [0.4, 0.5) is 0 Å². The van der Waals surface area contributed by atoms with Gasteiger partial charge in [0.2, 0.25) is 0 Å². The molecule has 0 spiro atoms. The van der Waals surface area contributed by atoms with Gasteiger partial charge in [0.1, 0.15) is 0 Å². The molecule has 2 aliphatic rings. The van der Waals surface area contributed by atoms with E-state index in [2.05, 4.69) is 14.0 Å². The van der Waals surface area contributed by atoms with E-state index in [4.69, 9.17) is 0 Å². The second-order valence-electron chi connectivity index (χ2n) is 7.80. The monoisotopic (exact) mass is 282 g/mol. The average molecular weight is 283 g/mol. The highest BCUT2D eigenvalue weighted by atomic mass is 15.3. The fourth-order valence-electron chi connectivity index (χ4n) is 4.50. The Bertz CT molecular complexity index is 263. The highest BCUT2D eigenvalue weighted by Crippen LogP contribution is 2.21. The van der Waals surface area contributed by atoms with E-state index in [0.717, 1.165) is 0 Å². The molecule has 2 rings (SSSR count). The maximum atomic E-state index is 2.49. The molecule has 20 heavy (non-hydrogen) atoms. The fraction of sp³-hybridized carbons (Fsp3) is 1.00. The van der Waals surface area contributed by atoms with Crippen molar-refractivity contribution in [2.75, 3.05) is 52.9 Å². The van der Waals surface area contributed by atoms with Crippen LogP contribution in [0.1, 0.15) is 64.7 Å². The van der Waals surface area contributed by atoms with Crippen molar-refractivity contribution in [3.05, 3.63) is 0 Å². The first-order chi connectivity index (χ1) is 9.68. The van der Waals surface area contributed by atoms with Gasteiger partial charge in [-0.25, -0.2) is 0 Å². The van der Waals surface area contributed by atoms with Crippen LogP contribution in [-0.4, -0.2) is 61.8 Å². The van der Waals surface area contributed by atoms with Crippen molar-refractivity contribution in [2.45, 2.75) is 64.7 Å². The fourth-order valence-corrected chi connectivity index (χ4v) is 4.50. The van der Waals surface area contributed by atoms with Crippen molar-refractivity contribution in [2.24, 2.45) is 0 Å². The van der Waals surface area contributed by atoms with Gasteiger partial charge in [-0.05, 0) is 64.7 Å². The number of nitrogens with zero attached hydrogens (tertiary/aromatic N) is 2. The van der Waals surface area contributed by atoms with Crippen molar-refractivity contribution in [3.8, 4) is 0 Å². The lowest BCUT2D eigenvalue weighted by Crippen LogP contribution is -2.52. The van der Waals surface area contributed by atoms with Gasteiger partial charge in [0.25, 0.3) is 0 Å². The van der Waals surface area contributed by atoms with Crippen LogP contribution in [0.2, 0.25) is 0 Å². The lowest BCUT2D eigenvalue weighted by Gasteiger charge is -2.41. The summed E-state index contributed by atoms with van der Waals surface area (Å²) in [5.74, 6) is 0. The number of hydrogen-bond donors (Lipinski definition) is 0. The first kappa shape index (κ1) is 16.3. The van der Waals surface area contributed by atoms with Crippen LogP contribution in [0.5, 0.6) is 0 Å². The number of unbranched alkanes of at least 4 members (excludes halogenated alkanes) is 2. The second kappa shape index (κ2) is 7.79. The highest BCUT2D eigenvalue weighted by molar-refractivity contribution is 4.55. The van der Waals surface area contributed by atoms with E-state index in [0.29, 0.717) is 0 Å². The standard InChI is InChI=1S/C18H38N2/c1-3-20(17-11-6-12-18-20)16-10-5-9-15-19(2)13-7-4-8-14-19/h3-18H2,1-2H3/q+2. The largest absolute Gasteiger partial charge is 0.326 e. The number of likely N-dealkylation sites (tertiary alicyclic amines) is 2. The maximum Gasteiger partial charge on any atom is 0.0786 e. The molecular weight excluding hydrogens is 244 g/mol. The Hall–Kier alpha value is -0.0800. The van der Waals surface area contributed by atoms with Gasteiger partial charge in [0.15, 0.2) is 0 Å². The summed E-state index contributed by atoms with van der Waals surface area (Å²) < 4.78 is 2.81. The smallest absolute Gasteiger partial charge is 0.0786 e. The van der Waals surface area contributed by atoms with Gasteiger partial charge in [-0.1, -0.05) is 0 Å². The molecule has 0 radical (unpaired) electrons. The van der Waals surface area contributed by atoms with Crippen LogP contribution in [0.3, 0.4) is 0 Å². The third-order valence-electron chi connectivity index (χ3n) is 6.16. The van der Waals surface area contributed by atoms with E-state index in [9.17, 15) is 0 Å². The van der Waals surface area contributed by atoms with Gasteiger partial charge in [0.05, 0.1) is 52.9 Å². The van der Waals surface area contributed by atoms with Gasteiger partial charge >= 0.3 is 0 Å². The molecular formula is C18H38N2+2. The van der Waals surface area contributed by atoms with E-state index in [1.54, 1.807) is 0 Å². The minimum Gasteiger partial charge on any atom is -0.326 e. The zero-order valence-corrected chi connectivity index (χ0v) is 14.2. The molecule has 0 bridgehead atoms. The molecule has 0 aliphatic carbocycles. The molecule has 0 saturated carbocycles. The summed E-state index contributed by atoms with van der Waals surface area (Å²) in [4.78, 5) is 0. The lowest BCUT2D eigenvalue weighted by molar-refractivity contribution is -0.931. The topological polar surface area (TPSA) is 0 Å². The summed E-state index contributed by atoms with van der Waals surface area (Å²) >= 11 is 0. The number of hydrogen-bond acceptors (Lipinski definition) is 0. The van der Waals surface area contributed by atoms with Crippen molar-refractivity contribution < 1.29 is 8.97 Å². The van der Waals surface area contributed by atoms with Crippen molar-refractivity contribution >= 4 is 0 Å². The zero-order chi connectivity index (χ0) is 14.3. The van der Waals surface area contributed by atoms with E-state index >= 15 is 0 Å². The molecule has 0 atom stereocenters. The Balaban J connectivity index is 1.60. The molecule has 0 N–H and O–H groups in total. The molecule has 2 nitrogen and oxygen atoms in total. The van der Waals surface area contributed by atoms with Gasteiger partial charge in [-0.2, -0.15) is 0 Å². The normalized spacial score (nSPS) is 25.5. The van der Waals surface area contributed by atoms with Crippen LogP contribution < -0.4 is 0 Å². The molecule has 0 aromatic rings. The number of quaternary nitrogens is 2. The van der Waals surface area contributed by atoms with Gasteiger partial charge in [-0.15, -0.1) is 0 Å². The minimum absolute atomic E-state index is 1.37. The molecule has 2 heterocycles. The summed E-state index contributed by atoms with van der Waals surface area (Å²) in [7, 11) is 2.49. The summed E-state index contributed by atoms with van der Waals surface area (Å²) in [6.45, 7) is 12.5. The van der Waals surface area contributed by atoms with Crippen LogP contribution >= 0.6 is 0 Å². The Labute approximate surface area is 127 Å². The SMILES string of the molecule is CC[N+]1(CCCCC[N+]2(C)CCCCC2)CCCCC1. The van der Waals surface area contributed by atoms with Crippen molar-refractivity contribution in [3.63, 3.8) is 0 Å². The third kappa shape index (κ3) is 4.73.